The molecule has 1 atom stereocenters. The molecule has 0 aliphatic heterocycles. The molecular weight excluding hydrogens is 258 g/mol. The van der Waals surface area contributed by atoms with Crippen LogP contribution in [0.5, 0.6) is 0 Å². The fourth-order valence-electron chi connectivity index (χ4n) is 2.82. The number of ether oxygens (including phenoxy) is 1. The third-order valence-corrected chi connectivity index (χ3v) is 5.23. The van der Waals surface area contributed by atoms with Crippen molar-refractivity contribution in [3.8, 4) is 0 Å². The largest absolute Gasteiger partial charge is 0.383 e. The Kier molecular flexibility index (Phi) is 4.05. The summed E-state index contributed by atoms with van der Waals surface area (Å²) in [4.78, 5) is 8.89. The minimum absolute atomic E-state index is 0.456. The van der Waals surface area contributed by atoms with Crippen LogP contribution in [0.2, 0.25) is 0 Å². The number of rotatable bonds is 6. The monoisotopic (exact) mass is 281 g/mol. The van der Waals surface area contributed by atoms with E-state index in [1.165, 1.54) is 47.8 Å². The Hall–Kier alpha value is -0.650. The molecule has 1 fully saturated rings. The second-order valence-electron chi connectivity index (χ2n) is 5.46. The molecule has 2 aliphatic carbocycles. The third kappa shape index (κ3) is 2.78. The molecule has 0 spiro atoms. The smallest absolute Gasteiger partial charge is 0.186 e. The molecule has 1 heterocycles. The summed E-state index contributed by atoms with van der Waals surface area (Å²) in [6, 6.07) is 1.16. The third-order valence-electron chi connectivity index (χ3n) is 4.06. The van der Waals surface area contributed by atoms with Gasteiger partial charge in [-0.1, -0.05) is 0 Å². The van der Waals surface area contributed by atoms with Gasteiger partial charge in [0.1, 0.15) is 0 Å². The van der Waals surface area contributed by atoms with Gasteiger partial charge in [-0.25, -0.2) is 4.98 Å². The van der Waals surface area contributed by atoms with Gasteiger partial charge >= 0.3 is 0 Å². The Bertz CT molecular complexity index is 430. The first-order valence-corrected chi connectivity index (χ1v) is 8.07. The number of methoxy groups -OCH3 is 1. The highest BCUT2D eigenvalue weighted by Gasteiger charge is 2.32. The number of aryl methyl sites for hydroxylation is 1. The van der Waals surface area contributed by atoms with Gasteiger partial charge in [0.2, 0.25) is 0 Å². The quantitative estimate of drug-likeness (QED) is 0.868. The highest BCUT2D eigenvalue weighted by Crippen LogP contribution is 2.39. The molecule has 1 aromatic heterocycles. The maximum atomic E-state index is 5.24. The number of nitrogens with one attached hydrogen (secondary N) is 1. The number of aromatic nitrogens is 1. The van der Waals surface area contributed by atoms with Gasteiger partial charge in [0.05, 0.1) is 18.3 Å². The molecule has 5 heteroatoms. The second-order valence-corrected chi connectivity index (χ2v) is 6.52. The van der Waals surface area contributed by atoms with E-state index in [1.807, 2.05) is 18.4 Å². The van der Waals surface area contributed by atoms with Crippen molar-refractivity contribution < 1.29 is 4.74 Å². The minimum atomic E-state index is 0.456. The van der Waals surface area contributed by atoms with E-state index in [4.69, 9.17) is 9.72 Å². The zero-order valence-electron chi connectivity index (χ0n) is 11.8. The van der Waals surface area contributed by atoms with Crippen molar-refractivity contribution in [2.75, 3.05) is 32.2 Å². The van der Waals surface area contributed by atoms with Crippen LogP contribution in [0, 0.1) is 0 Å². The van der Waals surface area contributed by atoms with Crippen molar-refractivity contribution in [3.05, 3.63) is 10.6 Å². The molecule has 106 valence electrons. The molecule has 3 rings (SSSR count). The number of thiazole rings is 1. The normalized spacial score (nSPS) is 22.3. The van der Waals surface area contributed by atoms with Crippen LogP contribution in [0.25, 0.3) is 0 Å². The van der Waals surface area contributed by atoms with E-state index in [9.17, 15) is 0 Å². The molecule has 0 aromatic carbocycles. The summed E-state index contributed by atoms with van der Waals surface area (Å²) >= 11 is 1.90. The molecule has 19 heavy (non-hydrogen) atoms. The van der Waals surface area contributed by atoms with Gasteiger partial charge in [-0.2, -0.15) is 0 Å². The van der Waals surface area contributed by atoms with Crippen LogP contribution in [0.15, 0.2) is 0 Å². The molecule has 2 aliphatic rings. The van der Waals surface area contributed by atoms with E-state index in [2.05, 4.69) is 10.2 Å². The number of anilines is 1. The second kappa shape index (κ2) is 5.77. The van der Waals surface area contributed by atoms with E-state index in [-0.39, 0.29) is 0 Å². The topological polar surface area (TPSA) is 37.4 Å². The SMILES string of the molecule is CNC1CCCc2sc(N(CCOC)C3CC3)nc21. The van der Waals surface area contributed by atoms with Crippen molar-refractivity contribution in [2.45, 2.75) is 44.2 Å². The van der Waals surface area contributed by atoms with Crippen molar-refractivity contribution in [1.82, 2.24) is 10.3 Å². The number of fused-ring (bicyclic) bond motifs is 1. The van der Waals surface area contributed by atoms with Gasteiger partial charge < -0.3 is 15.0 Å². The number of hydrogen-bond donors (Lipinski definition) is 1. The van der Waals surface area contributed by atoms with Crippen LogP contribution < -0.4 is 10.2 Å². The average Bonchev–Trinajstić information content (AvgIpc) is 3.17. The van der Waals surface area contributed by atoms with Crippen LogP contribution in [0.1, 0.15) is 42.3 Å². The fourth-order valence-corrected chi connectivity index (χ4v) is 4.08. The molecule has 0 bridgehead atoms. The lowest BCUT2D eigenvalue weighted by atomic mass is 9.98. The van der Waals surface area contributed by atoms with Gasteiger partial charge in [-0.15, -0.1) is 11.3 Å². The van der Waals surface area contributed by atoms with E-state index < -0.39 is 0 Å². The lowest BCUT2D eigenvalue weighted by Crippen LogP contribution is -2.29. The summed E-state index contributed by atoms with van der Waals surface area (Å²) in [5.74, 6) is 0. The van der Waals surface area contributed by atoms with Crippen molar-refractivity contribution >= 4 is 16.5 Å². The van der Waals surface area contributed by atoms with E-state index in [1.54, 1.807) is 7.11 Å². The Balaban J connectivity index is 1.81. The number of hydrogen-bond acceptors (Lipinski definition) is 5. The fraction of sp³-hybridized carbons (Fsp3) is 0.786. The zero-order chi connectivity index (χ0) is 13.2. The minimum Gasteiger partial charge on any atom is -0.383 e. The predicted molar refractivity (Wildman–Crippen MR) is 79.1 cm³/mol. The summed E-state index contributed by atoms with van der Waals surface area (Å²) in [5, 5.41) is 4.62. The zero-order valence-corrected chi connectivity index (χ0v) is 12.6. The maximum Gasteiger partial charge on any atom is 0.186 e. The van der Waals surface area contributed by atoms with Crippen LogP contribution in [-0.2, 0) is 11.2 Å². The van der Waals surface area contributed by atoms with Gasteiger partial charge in [0.25, 0.3) is 0 Å². The highest BCUT2D eigenvalue weighted by molar-refractivity contribution is 7.15. The molecule has 0 amide bonds. The summed E-state index contributed by atoms with van der Waals surface area (Å²) in [7, 11) is 3.82. The first-order valence-electron chi connectivity index (χ1n) is 7.26. The van der Waals surface area contributed by atoms with Gasteiger partial charge in [-0.3, -0.25) is 0 Å². The standard InChI is InChI=1S/C14H23N3OS/c1-15-11-4-3-5-12-13(11)16-14(19-12)17(8-9-18-2)10-6-7-10/h10-11,15H,3-9H2,1-2H3. The van der Waals surface area contributed by atoms with Gasteiger partial charge in [0.15, 0.2) is 5.13 Å². The first kappa shape index (κ1) is 13.3. The maximum absolute atomic E-state index is 5.24. The number of nitrogens with zero attached hydrogens (tertiary/aromatic N) is 2. The molecule has 0 radical (unpaired) electrons. The summed E-state index contributed by atoms with van der Waals surface area (Å²) < 4.78 is 5.24. The molecule has 1 N–H and O–H groups in total. The highest BCUT2D eigenvalue weighted by atomic mass is 32.1. The summed E-state index contributed by atoms with van der Waals surface area (Å²) in [5.41, 5.74) is 1.30. The van der Waals surface area contributed by atoms with Crippen LogP contribution in [-0.4, -0.2) is 38.3 Å². The van der Waals surface area contributed by atoms with Crippen LogP contribution in [0.4, 0.5) is 5.13 Å². The molecule has 1 unspecified atom stereocenters. The Morgan fingerprint density at radius 3 is 2.95 bits per heavy atom. The van der Waals surface area contributed by atoms with E-state index in [0.29, 0.717) is 12.1 Å². The van der Waals surface area contributed by atoms with Gasteiger partial charge in [0, 0.05) is 24.6 Å². The molecule has 0 saturated heterocycles. The lowest BCUT2D eigenvalue weighted by molar-refractivity contribution is 0.205. The molecule has 1 saturated carbocycles. The van der Waals surface area contributed by atoms with Crippen LogP contribution in [0.3, 0.4) is 0 Å². The van der Waals surface area contributed by atoms with Crippen molar-refractivity contribution in [2.24, 2.45) is 0 Å². The molecule has 4 nitrogen and oxygen atoms in total. The Morgan fingerprint density at radius 2 is 2.26 bits per heavy atom. The average molecular weight is 281 g/mol. The lowest BCUT2D eigenvalue weighted by Gasteiger charge is -2.21. The Morgan fingerprint density at radius 1 is 1.42 bits per heavy atom. The molecular formula is C14H23N3OS. The molecule has 1 aromatic rings. The predicted octanol–water partition coefficient (Wildman–Crippen LogP) is 2.36. The van der Waals surface area contributed by atoms with Crippen LogP contribution >= 0.6 is 11.3 Å². The van der Waals surface area contributed by atoms with E-state index >= 15 is 0 Å². The first-order chi connectivity index (χ1) is 9.33. The summed E-state index contributed by atoms with van der Waals surface area (Å²) in [6.45, 7) is 1.76. The Labute approximate surface area is 119 Å². The summed E-state index contributed by atoms with van der Waals surface area (Å²) in [6.07, 6.45) is 6.32. The van der Waals surface area contributed by atoms with Crippen molar-refractivity contribution in [1.29, 1.82) is 0 Å². The van der Waals surface area contributed by atoms with Crippen molar-refractivity contribution in [3.63, 3.8) is 0 Å². The van der Waals surface area contributed by atoms with Gasteiger partial charge in [-0.05, 0) is 39.2 Å². The van der Waals surface area contributed by atoms with E-state index in [0.717, 1.165) is 13.2 Å².